The van der Waals surface area contributed by atoms with Crippen molar-refractivity contribution in [2.24, 2.45) is 0 Å². The van der Waals surface area contributed by atoms with Gasteiger partial charge < -0.3 is 9.84 Å². The number of carbonyl (C=O) groups excluding carboxylic acids is 1. The van der Waals surface area contributed by atoms with Crippen molar-refractivity contribution in [3.05, 3.63) is 0 Å². The van der Waals surface area contributed by atoms with Gasteiger partial charge in [0.25, 0.3) is 0 Å². The summed E-state index contributed by atoms with van der Waals surface area (Å²) in [7, 11) is 0. The molecular formula is C17H28O4. The average Bonchev–Trinajstić information content (AvgIpc) is 2.42. The number of aliphatic carboxylic acids is 1. The summed E-state index contributed by atoms with van der Waals surface area (Å²) in [6.07, 6.45) is 9.72. The highest BCUT2D eigenvalue weighted by Crippen LogP contribution is 2.09. The highest BCUT2D eigenvalue weighted by atomic mass is 16.6. The van der Waals surface area contributed by atoms with Gasteiger partial charge in [0.15, 0.2) is 0 Å². The Labute approximate surface area is 128 Å². The molecule has 0 amide bonds. The van der Waals surface area contributed by atoms with Crippen molar-refractivity contribution in [1.29, 1.82) is 0 Å². The first-order valence-electron chi connectivity index (χ1n) is 7.93. The van der Waals surface area contributed by atoms with Crippen LogP contribution in [0.15, 0.2) is 0 Å². The lowest BCUT2D eigenvalue weighted by Crippen LogP contribution is -2.25. The number of rotatable bonds is 11. The van der Waals surface area contributed by atoms with Crippen LogP contribution in [-0.2, 0) is 14.3 Å². The Kier molecular flexibility index (Phi) is 12.5. The van der Waals surface area contributed by atoms with E-state index in [1.54, 1.807) is 0 Å². The number of hydrogen-bond donors (Lipinski definition) is 1. The monoisotopic (exact) mass is 296 g/mol. The van der Waals surface area contributed by atoms with Crippen LogP contribution >= 0.6 is 0 Å². The van der Waals surface area contributed by atoms with Crippen LogP contribution in [-0.4, -0.2) is 23.1 Å². The lowest BCUT2D eigenvalue weighted by atomic mass is 10.1. The van der Waals surface area contributed by atoms with Crippen LogP contribution in [0.3, 0.4) is 0 Å². The maximum Gasteiger partial charge on any atom is 0.346 e. The summed E-state index contributed by atoms with van der Waals surface area (Å²) >= 11 is 0. The van der Waals surface area contributed by atoms with Gasteiger partial charge in [0.2, 0.25) is 6.10 Å². The third kappa shape index (κ3) is 13.2. The van der Waals surface area contributed by atoms with Crippen molar-refractivity contribution in [1.82, 2.24) is 0 Å². The van der Waals surface area contributed by atoms with Gasteiger partial charge in [-0.3, -0.25) is 4.79 Å². The molecule has 0 saturated carbocycles. The Morgan fingerprint density at radius 2 is 1.57 bits per heavy atom. The van der Waals surface area contributed by atoms with Gasteiger partial charge in [0.05, 0.1) is 6.42 Å². The molecule has 0 rings (SSSR count). The Morgan fingerprint density at radius 3 is 2.10 bits per heavy atom. The van der Waals surface area contributed by atoms with E-state index in [9.17, 15) is 9.59 Å². The van der Waals surface area contributed by atoms with Gasteiger partial charge in [-0.25, -0.2) is 4.79 Å². The van der Waals surface area contributed by atoms with E-state index in [2.05, 4.69) is 23.5 Å². The fourth-order valence-electron chi connectivity index (χ4n) is 1.98. The van der Waals surface area contributed by atoms with Crippen LogP contribution in [0, 0.1) is 11.8 Å². The summed E-state index contributed by atoms with van der Waals surface area (Å²) < 4.78 is 4.66. The fraction of sp³-hybridized carbons (Fsp3) is 0.765. The van der Waals surface area contributed by atoms with Crippen molar-refractivity contribution in [3.63, 3.8) is 0 Å². The van der Waals surface area contributed by atoms with Crippen molar-refractivity contribution < 1.29 is 19.4 Å². The molecule has 4 nitrogen and oxygen atoms in total. The zero-order valence-electron chi connectivity index (χ0n) is 13.3. The highest BCUT2D eigenvalue weighted by Gasteiger charge is 2.18. The Hall–Kier alpha value is -1.50. The zero-order chi connectivity index (χ0) is 15.9. The number of carbonyl (C=O) groups is 2. The van der Waals surface area contributed by atoms with Crippen molar-refractivity contribution >= 4 is 11.9 Å². The van der Waals surface area contributed by atoms with Crippen molar-refractivity contribution in [2.75, 3.05) is 0 Å². The molecule has 120 valence electrons. The SMILES string of the molecule is CCCCCCCCCCC#CCC(OC(C)=O)C(=O)O. The van der Waals surface area contributed by atoms with Gasteiger partial charge in [-0.05, 0) is 6.42 Å². The second-order valence-corrected chi connectivity index (χ2v) is 5.22. The minimum Gasteiger partial charge on any atom is -0.478 e. The standard InChI is InChI=1S/C17H28O4/c1-3-4-5-6-7-8-9-10-11-12-13-14-16(17(19)20)21-15(2)18/h16H,3-11,14H2,1-2H3,(H,19,20). The lowest BCUT2D eigenvalue weighted by Gasteiger charge is -2.08. The summed E-state index contributed by atoms with van der Waals surface area (Å²) in [4.78, 5) is 21.5. The number of hydrogen-bond acceptors (Lipinski definition) is 3. The number of carboxylic acid groups (broad SMARTS) is 1. The number of esters is 1. The molecule has 0 aliphatic rings. The Balaban J connectivity index is 3.59. The number of ether oxygens (including phenoxy) is 1. The van der Waals surface area contributed by atoms with E-state index in [1.807, 2.05) is 0 Å². The van der Waals surface area contributed by atoms with Crippen LogP contribution in [0.1, 0.15) is 78.1 Å². The van der Waals surface area contributed by atoms with Crippen LogP contribution in [0.4, 0.5) is 0 Å². The van der Waals surface area contributed by atoms with Gasteiger partial charge in [-0.2, -0.15) is 0 Å². The minimum atomic E-state index is -1.15. The second-order valence-electron chi connectivity index (χ2n) is 5.22. The first-order chi connectivity index (χ1) is 10.1. The smallest absolute Gasteiger partial charge is 0.346 e. The maximum absolute atomic E-state index is 10.8. The molecular weight excluding hydrogens is 268 g/mol. The average molecular weight is 296 g/mol. The molecule has 0 spiro atoms. The highest BCUT2D eigenvalue weighted by molar-refractivity contribution is 5.77. The van der Waals surface area contributed by atoms with E-state index in [1.165, 1.54) is 51.9 Å². The molecule has 0 saturated heterocycles. The third-order valence-corrected chi connectivity index (χ3v) is 3.15. The van der Waals surface area contributed by atoms with E-state index in [0.717, 1.165) is 12.8 Å². The molecule has 0 bridgehead atoms. The third-order valence-electron chi connectivity index (χ3n) is 3.15. The normalized spacial score (nSPS) is 11.3. The van der Waals surface area contributed by atoms with E-state index in [-0.39, 0.29) is 6.42 Å². The van der Waals surface area contributed by atoms with E-state index >= 15 is 0 Å². The molecule has 0 fully saturated rings. The van der Waals surface area contributed by atoms with E-state index in [4.69, 9.17) is 5.11 Å². The van der Waals surface area contributed by atoms with Crippen LogP contribution < -0.4 is 0 Å². The van der Waals surface area contributed by atoms with Gasteiger partial charge in [-0.15, -0.1) is 5.92 Å². The van der Waals surface area contributed by atoms with Crippen molar-refractivity contribution in [2.45, 2.75) is 84.2 Å². The minimum absolute atomic E-state index is 0.0614. The molecule has 0 aromatic rings. The predicted octanol–water partition coefficient (Wildman–Crippen LogP) is 3.93. The first-order valence-corrected chi connectivity index (χ1v) is 7.93. The van der Waals surface area contributed by atoms with E-state index in [0.29, 0.717) is 0 Å². The quantitative estimate of drug-likeness (QED) is 0.356. The fourth-order valence-corrected chi connectivity index (χ4v) is 1.98. The second kappa shape index (κ2) is 13.5. The van der Waals surface area contributed by atoms with Crippen LogP contribution in [0.25, 0.3) is 0 Å². The predicted molar refractivity (Wildman–Crippen MR) is 82.8 cm³/mol. The molecule has 0 aromatic heterocycles. The number of carboxylic acids is 1. The summed E-state index contributed by atoms with van der Waals surface area (Å²) in [5.41, 5.74) is 0. The van der Waals surface area contributed by atoms with Crippen molar-refractivity contribution in [3.8, 4) is 11.8 Å². The lowest BCUT2D eigenvalue weighted by molar-refractivity contribution is -0.162. The molecule has 0 heterocycles. The topological polar surface area (TPSA) is 63.6 Å². The molecule has 4 heteroatoms. The molecule has 1 atom stereocenters. The summed E-state index contributed by atoms with van der Waals surface area (Å²) in [6, 6.07) is 0. The summed E-state index contributed by atoms with van der Waals surface area (Å²) in [5.74, 6) is 4.00. The van der Waals surface area contributed by atoms with E-state index < -0.39 is 18.0 Å². The van der Waals surface area contributed by atoms with Gasteiger partial charge in [0.1, 0.15) is 0 Å². The van der Waals surface area contributed by atoms with Gasteiger partial charge >= 0.3 is 11.9 Å². The largest absolute Gasteiger partial charge is 0.478 e. The molecule has 1 unspecified atom stereocenters. The molecule has 21 heavy (non-hydrogen) atoms. The molecule has 0 aromatic carbocycles. The van der Waals surface area contributed by atoms with Crippen LogP contribution in [0.2, 0.25) is 0 Å². The van der Waals surface area contributed by atoms with Gasteiger partial charge in [-0.1, -0.05) is 57.8 Å². The summed E-state index contributed by atoms with van der Waals surface area (Å²) in [5, 5.41) is 8.84. The molecule has 1 N–H and O–H groups in total. The number of unbranched alkanes of at least 4 members (excludes halogenated alkanes) is 8. The Bertz CT molecular complexity index is 352. The molecule has 0 radical (unpaired) electrons. The first kappa shape index (κ1) is 19.5. The molecule has 0 aliphatic carbocycles. The summed E-state index contributed by atoms with van der Waals surface area (Å²) in [6.45, 7) is 3.42. The zero-order valence-corrected chi connectivity index (χ0v) is 13.3. The van der Waals surface area contributed by atoms with Gasteiger partial charge in [0, 0.05) is 13.3 Å². The maximum atomic E-state index is 10.8. The van der Waals surface area contributed by atoms with Crippen LogP contribution in [0.5, 0.6) is 0 Å². The Morgan fingerprint density at radius 1 is 1.00 bits per heavy atom. The molecule has 0 aliphatic heterocycles.